The molecule has 0 saturated carbocycles. The summed E-state index contributed by atoms with van der Waals surface area (Å²) in [5, 5.41) is 14.9. The van der Waals surface area contributed by atoms with Gasteiger partial charge in [0, 0.05) is 23.8 Å². The van der Waals surface area contributed by atoms with Gasteiger partial charge in [-0.15, -0.1) is 0 Å². The molecule has 2 radical (unpaired) electrons. The summed E-state index contributed by atoms with van der Waals surface area (Å²) in [6.45, 7) is 9.50. The summed E-state index contributed by atoms with van der Waals surface area (Å²) in [6.07, 6.45) is 9.06. The molecular formula is C29H28Cl2N4O. The Balaban J connectivity index is 1.51. The molecule has 36 heavy (non-hydrogen) atoms. The van der Waals surface area contributed by atoms with Gasteiger partial charge in [0.25, 0.3) is 0 Å². The first-order valence-electron chi connectivity index (χ1n) is 12.1. The quantitative estimate of drug-likeness (QED) is 0.267. The number of hydrogen-bond acceptors (Lipinski definition) is 5. The third kappa shape index (κ3) is 5.15. The number of halogens is 2. The van der Waals surface area contributed by atoms with Gasteiger partial charge in [-0.3, -0.25) is 9.97 Å². The molecule has 1 aliphatic rings. The number of rotatable bonds is 7. The van der Waals surface area contributed by atoms with E-state index in [1.54, 1.807) is 18.6 Å². The van der Waals surface area contributed by atoms with Gasteiger partial charge in [-0.2, -0.15) is 0 Å². The minimum absolute atomic E-state index is 0.117. The lowest BCUT2D eigenvalue weighted by Gasteiger charge is -2.18. The van der Waals surface area contributed by atoms with Crippen LogP contribution in [0.25, 0.3) is 22.0 Å². The molecule has 2 aromatic carbocycles. The smallest absolute Gasteiger partial charge is 0.152 e. The van der Waals surface area contributed by atoms with Crippen LogP contribution in [0, 0.1) is 20.3 Å². The van der Waals surface area contributed by atoms with Crippen molar-refractivity contribution in [3.05, 3.63) is 89.0 Å². The molecule has 0 unspecified atom stereocenters. The molecule has 0 bridgehead atoms. The van der Waals surface area contributed by atoms with Crippen LogP contribution in [0.2, 0.25) is 10.0 Å². The van der Waals surface area contributed by atoms with E-state index in [-0.39, 0.29) is 15.8 Å². The Morgan fingerprint density at radius 3 is 2.50 bits per heavy atom. The van der Waals surface area contributed by atoms with Crippen LogP contribution in [-0.2, 0) is 6.42 Å². The zero-order valence-electron chi connectivity index (χ0n) is 20.2. The summed E-state index contributed by atoms with van der Waals surface area (Å²) in [5.74, 6) is -0.117. The molecule has 2 N–H and O–H groups in total. The van der Waals surface area contributed by atoms with Crippen molar-refractivity contribution in [2.75, 3.05) is 25.0 Å². The lowest BCUT2D eigenvalue weighted by molar-refractivity contribution is 0.343. The average molecular weight is 519 g/mol. The highest BCUT2D eigenvalue weighted by Gasteiger charge is 2.15. The zero-order chi connectivity index (χ0) is 25.2. The summed E-state index contributed by atoms with van der Waals surface area (Å²) >= 11 is 12.4. The van der Waals surface area contributed by atoms with Crippen molar-refractivity contribution >= 4 is 45.5 Å². The third-order valence-electron chi connectivity index (χ3n) is 6.82. The monoisotopic (exact) mass is 518 g/mol. The Labute approximate surface area is 222 Å². The number of aromatic nitrogens is 2. The number of aryl methyl sites for hydroxylation is 1. The van der Waals surface area contributed by atoms with Crippen LogP contribution in [0.15, 0.2) is 48.8 Å². The predicted octanol–water partition coefficient (Wildman–Crippen LogP) is 7.39. The van der Waals surface area contributed by atoms with Crippen molar-refractivity contribution in [3.8, 4) is 16.9 Å². The molecule has 0 spiro atoms. The van der Waals surface area contributed by atoms with E-state index in [0.717, 1.165) is 57.6 Å². The van der Waals surface area contributed by atoms with Gasteiger partial charge >= 0.3 is 0 Å². The number of nitrogens with one attached hydrogen (secondary N) is 1. The normalized spacial score (nSPS) is 14.0. The van der Waals surface area contributed by atoms with Crippen molar-refractivity contribution in [3.63, 3.8) is 0 Å². The second-order valence-electron chi connectivity index (χ2n) is 9.21. The van der Waals surface area contributed by atoms with E-state index in [1.165, 1.54) is 31.5 Å². The van der Waals surface area contributed by atoms with E-state index in [2.05, 4.69) is 40.1 Å². The van der Waals surface area contributed by atoms with E-state index in [4.69, 9.17) is 23.2 Å². The Morgan fingerprint density at radius 1 is 1.03 bits per heavy atom. The maximum absolute atomic E-state index is 9.96. The molecule has 1 saturated heterocycles. The fourth-order valence-electron chi connectivity index (χ4n) is 4.74. The second-order valence-corrected chi connectivity index (χ2v) is 10.0. The van der Waals surface area contributed by atoms with Gasteiger partial charge in [0.15, 0.2) is 5.75 Å². The molecule has 0 atom stereocenters. The molecule has 5 nitrogen and oxygen atoms in total. The summed E-state index contributed by atoms with van der Waals surface area (Å²) in [7, 11) is 0. The van der Waals surface area contributed by atoms with E-state index < -0.39 is 0 Å². The number of benzene rings is 2. The Kier molecular flexibility index (Phi) is 7.33. The van der Waals surface area contributed by atoms with Crippen molar-refractivity contribution in [1.29, 1.82) is 0 Å². The average Bonchev–Trinajstić information content (AvgIpc) is 3.41. The van der Waals surface area contributed by atoms with Gasteiger partial charge in [-0.1, -0.05) is 29.3 Å². The van der Waals surface area contributed by atoms with Crippen molar-refractivity contribution < 1.29 is 5.11 Å². The van der Waals surface area contributed by atoms with Gasteiger partial charge in [0.05, 0.1) is 33.1 Å². The molecule has 4 aromatic rings. The largest absolute Gasteiger partial charge is 0.505 e. The first kappa shape index (κ1) is 24.8. The summed E-state index contributed by atoms with van der Waals surface area (Å²) in [6, 6.07) is 11.6. The van der Waals surface area contributed by atoms with E-state index in [1.807, 2.05) is 30.6 Å². The van der Waals surface area contributed by atoms with Crippen LogP contribution in [0.4, 0.5) is 11.4 Å². The number of phenolic OH excluding ortho intramolecular Hbond substituents is 1. The highest BCUT2D eigenvalue weighted by atomic mass is 35.5. The minimum Gasteiger partial charge on any atom is -0.505 e. The molecule has 7 heteroatoms. The zero-order valence-corrected chi connectivity index (χ0v) is 21.7. The van der Waals surface area contributed by atoms with Crippen LogP contribution in [0.3, 0.4) is 0 Å². The number of likely N-dealkylation sites (tertiary alicyclic amines) is 1. The molecule has 5 rings (SSSR count). The van der Waals surface area contributed by atoms with E-state index >= 15 is 0 Å². The Bertz CT molecular complexity index is 1390. The van der Waals surface area contributed by atoms with E-state index in [0.29, 0.717) is 0 Å². The maximum Gasteiger partial charge on any atom is 0.152 e. The number of hydrogen-bond donors (Lipinski definition) is 2. The molecule has 184 valence electrons. The third-order valence-corrected chi connectivity index (χ3v) is 7.40. The number of fused-ring (bicyclic) bond motifs is 1. The first-order chi connectivity index (χ1) is 17.4. The maximum atomic E-state index is 9.96. The van der Waals surface area contributed by atoms with Gasteiger partial charge in [-0.25, -0.2) is 0 Å². The van der Waals surface area contributed by atoms with Gasteiger partial charge < -0.3 is 15.3 Å². The van der Waals surface area contributed by atoms with Gasteiger partial charge in [-0.05, 0) is 105 Å². The first-order valence-corrected chi connectivity index (χ1v) is 12.9. The number of nitrogens with zero attached hydrogens (tertiary/aromatic N) is 3. The highest BCUT2D eigenvalue weighted by Crippen LogP contribution is 2.38. The number of aromatic hydroxyl groups is 1. The van der Waals surface area contributed by atoms with Gasteiger partial charge in [0.1, 0.15) is 0 Å². The molecule has 2 aromatic heterocycles. The molecular weight excluding hydrogens is 491 g/mol. The fraction of sp³-hybridized carbons (Fsp3) is 0.241. The fourth-order valence-corrected chi connectivity index (χ4v) is 5.23. The Hall–Kier alpha value is -2.86. The van der Waals surface area contributed by atoms with Crippen LogP contribution < -0.4 is 5.32 Å². The Morgan fingerprint density at radius 2 is 1.78 bits per heavy atom. The van der Waals surface area contributed by atoms with Crippen molar-refractivity contribution in [2.24, 2.45) is 0 Å². The molecule has 3 heterocycles. The summed E-state index contributed by atoms with van der Waals surface area (Å²) in [5.41, 5.74) is 7.59. The van der Waals surface area contributed by atoms with Crippen LogP contribution >= 0.6 is 23.2 Å². The summed E-state index contributed by atoms with van der Waals surface area (Å²) in [4.78, 5) is 11.8. The molecule has 1 aliphatic heterocycles. The minimum atomic E-state index is -0.117. The number of anilines is 2. The highest BCUT2D eigenvalue weighted by molar-refractivity contribution is 6.37. The topological polar surface area (TPSA) is 61.3 Å². The number of phenols is 1. The van der Waals surface area contributed by atoms with Crippen molar-refractivity contribution in [2.45, 2.75) is 26.2 Å². The second kappa shape index (κ2) is 10.6. The number of pyridine rings is 2. The standard InChI is InChI=1S/C29H28Cl2N4O/c1-3-19-16-33-27-7-6-21(22-14-25(30)29(36)26(31)15-22)13-24(27)28(19)34-23-12-20(18(2)32-17-23)8-11-35-9-4-5-10-35/h3,6-7,12-17,36H,1,4-5,8-11H2,2H3,(H,33,34). The lowest BCUT2D eigenvalue weighted by atomic mass is 10.00. The SMILES string of the molecule is [CH2][CH]c1cnc2ccc(-c3cc(Cl)c(O)c(Cl)c3)cc2c1Nc1cnc(C)c(CCN2CCCC2)c1. The predicted molar refractivity (Wildman–Crippen MR) is 149 cm³/mol. The van der Waals surface area contributed by atoms with E-state index in [9.17, 15) is 5.11 Å². The molecule has 1 fully saturated rings. The lowest BCUT2D eigenvalue weighted by Crippen LogP contribution is -2.22. The van der Waals surface area contributed by atoms with Gasteiger partial charge in [0.2, 0.25) is 0 Å². The van der Waals surface area contributed by atoms with Crippen LogP contribution in [-0.4, -0.2) is 39.6 Å². The van der Waals surface area contributed by atoms with Crippen LogP contribution in [0.5, 0.6) is 5.75 Å². The van der Waals surface area contributed by atoms with Crippen molar-refractivity contribution in [1.82, 2.24) is 14.9 Å². The van der Waals surface area contributed by atoms with Crippen LogP contribution in [0.1, 0.15) is 29.7 Å². The molecule has 0 amide bonds. The summed E-state index contributed by atoms with van der Waals surface area (Å²) < 4.78 is 0. The molecule has 0 aliphatic carbocycles.